The van der Waals surface area contributed by atoms with Crippen molar-refractivity contribution < 1.29 is 9.59 Å². The number of fused-ring (bicyclic) bond motifs is 1. The molecular formula is C37H32N4O2S. The molecule has 0 unspecified atom stereocenters. The number of nitrogens with zero attached hydrogens (tertiary/aromatic N) is 2. The summed E-state index contributed by atoms with van der Waals surface area (Å²) in [6.45, 7) is 1.02. The van der Waals surface area contributed by atoms with Crippen molar-refractivity contribution in [3.63, 3.8) is 0 Å². The number of pyridine rings is 1. The molecule has 0 aliphatic rings. The Balaban J connectivity index is 1.22. The van der Waals surface area contributed by atoms with Crippen molar-refractivity contribution in [1.82, 2.24) is 14.9 Å². The zero-order valence-corrected chi connectivity index (χ0v) is 25.0. The SMILES string of the molecule is O=C(Nc1ccc2c(c1)cc(C(=O)NCCc1ccccn1)n2Cc1ccccc1)c1ccccc1SCc1ccccc1. The summed E-state index contributed by atoms with van der Waals surface area (Å²) in [7, 11) is 0. The monoisotopic (exact) mass is 596 g/mol. The minimum absolute atomic E-state index is 0.150. The molecule has 4 aromatic carbocycles. The molecule has 0 fully saturated rings. The summed E-state index contributed by atoms with van der Waals surface area (Å²) in [6.07, 6.45) is 2.40. The van der Waals surface area contributed by atoms with Crippen LogP contribution in [0.25, 0.3) is 10.9 Å². The molecule has 218 valence electrons. The zero-order chi connectivity index (χ0) is 30.1. The predicted molar refractivity (Wildman–Crippen MR) is 178 cm³/mol. The van der Waals surface area contributed by atoms with E-state index in [2.05, 4.69) is 39.9 Å². The molecule has 0 bridgehead atoms. The van der Waals surface area contributed by atoms with Gasteiger partial charge in [0.05, 0.1) is 5.56 Å². The Labute approximate surface area is 261 Å². The van der Waals surface area contributed by atoms with Crippen LogP contribution >= 0.6 is 11.8 Å². The van der Waals surface area contributed by atoms with Crippen LogP contribution in [0.15, 0.2) is 138 Å². The highest BCUT2D eigenvalue weighted by Crippen LogP contribution is 2.29. The average Bonchev–Trinajstić information content (AvgIpc) is 3.42. The second-order valence-corrected chi connectivity index (χ2v) is 11.4. The lowest BCUT2D eigenvalue weighted by Crippen LogP contribution is -2.28. The van der Waals surface area contributed by atoms with Gasteiger partial charge in [0.25, 0.3) is 11.8 Å². The number of carbonyl (C=O) groups excluding carboxylic acids is 2. The maximum Gasteiger partial charge on any atom is 0.267 e. The van der Waals surface area contributed by atoms with E-state index in [0.29, 0.717) is 36.5 Å². The van der Waals surface area contributed by atoms with Crippen LogP contribution < -0.4 is 10.6 Å². The van der Waals surface area contributed by atoms with Gasteiger partial charge in [-0.3, -0.25) is 14.6 Å². The molecule has 6 aromatic rings. The lowest BCUT2D eigenvalue weighted by molar-refractivity contribution is 0.0945. The van der Waals surface area contributed by atoms with Crippen molar-refractivity contribution in [3.8, 4) is 0 Å². The second-order valence-electron chi connectivity index (χ2n) is 10.4. The van der Waals surface area contributed by atoms with Crippen LogP contribution in [0, 0.1) is 0 Å². The van der Waals surface area contributed by atoms with Gasteiger partial charge in [0.15, 0.2) is 0 Å². The van der Waals surface area contributed by atoms with Gasteiger partial charge in [-0.25, -0.2) is 0 Å². The van der Waals surface area contributed by atoms with E-state index < -0.39 is 0 Å². The molecule has 0 aliphatic heterocycles. The van der Waals surface area contributed by atoms with Crippen LogP contribution in [0.1, 0.15) is 37.7 Å². The van der Waals surface area contributed by atoms with Crippen molar-refractivity contribution in [1.29, 1.82) is 0 Å². The molecule has 2 N–H and O–H groups in total. The van der Waals surface area contributed by atoms with Crippen molar-refractivity contribution in [2.75, 3.05) is 11.9 Å². The maximum absolute atomic E-state index is 13.4. The summed E-state index contributed by atoms with van der Waals surface area (Å²) in [5.74, 6) is 0.457. The summed E-state index contributed by atoms with van der Waals surface area (Å²) < 4.78 is 2.03. The fraction of sp³-hybridized carbons (Fsp3) is 0.108. The van der Waals surface area contributed by atoms with Gasteiger partial charge in [-0.2, -0.15) is 0 Å². The number of nitrogens with one attached hydrogen (secondary N) is 2. The third-order valence-corrected chi connectivity index (χ3v) is 8.48. The van der Waals surface area contributed by atoms with Gasteiger partial charge in [-0.05, 0) is 59.7 Å². The van der Waals surface area contributed by atoms with Gasteiger partial charge in [-0.15, -0.1) is 11.8 Å². The van der Waals surface area contributed by atoms with Crippen LogP contribution in [0.2, 0.25) is 0 Å². The molecule has 44 heavy (non-hydrogen) atoms. The van der Waals surface area contributed by atoms with Crippen LogP contribution in [-0.2, 0) is 18.7 Å². The highest BCUT2D eigenvalue weighted by Gasteiger charge is 2.18. The highest BCUT2D eigenvalue weighted by molar-refractivity contribution is 7.98. The second kappa shape index (κ2) is 13.9. The Hall–Kier alpha value is -5.14. The van der Waals surface area contributed by atoms with Crippen LogP contribution in [-0.4, -0.2) is 27.9 Å². The number of aromatic nitrogens is 2. The standard InChI is InChI=1S/C37H32N4O2S/c42-36(32-16-7-8-17-35(32)44-26-28-13-5-2-6-14-28)40-31-18-19-33-29(23-31)24-34(41(33)25-27-11-3-1-4-12-27)37(43)39-22-20-30-15-9-10-21-38-30/h1-19,21,23-24H,20,22,25-26H2,(H,39,43)(H,40,42). The number of hydrogen-bond donors (Lipinski definition) is 2. The van der Waals surface area contributed by atoms with E-state index in [9.17, 15) is 9.59 Å². The van der Waals surface area contributed by atoms with Gasteiger partial charge in [0.2, 0.25) is 0 Å². The minimum Gasteiger partial charge on any atom is -0.350 e. The first kappa shape index (κ1) is 29.0. The van der Waals surface area contributed by atoms with E-state index in [0.717, 1.165) is 32.8 Å². The molecular weight excluding hydrogens is 565 g/mol. The Morgan fingerprint density at radius 2 is 1.45 bits per heavy atom. The number of rotatable bonds is 11. The molecule has 0 spiro atoms. The molecule has 6 nitrogen and oxygen atoms in total. The number of thioether (sulfide) groups is 1. The summed E-state index contributed by atoms with van der Waals surface area (Å²) in [4.78, 5) is 32.2. The fourth-order valence-corrected chi connectivity index (χ4v) is 6.13. The number of benzene rings is 4. The molecule has 0 aliphatic carbocycles. The number of amides is 2. The fourth-order valence-electron chi connectivity index (χ4n) is 5.13. The van der Waals surface area contributed by atoms with Gasteiger partial charge < -0.3 is 15.2 Å². The average molecular weight is 597 g/mol. The predicted octanol–water partition coefficient (Wildman–Crippen LogP) is 7.60. The number of hydrogen-bond acceptors (Lipinski definition) is 4. The van der Waals surface area contributed by atoms with E-state index in [1.807, 2.05) is 108 Å². The van der Waals surface area contributed by atoms with Crippen LogP contribution in [0.3, 0.4) is 0 Å². The third-order valence-electron chi connectivity index (χ3n) is 7.34. The first-order chi connectivity index (χ1) is 21.6. The highest BCUT2D eigenvalue weighted by atomic mass is 32.2. The zero-order valence-electron chi connectivity index (χ0n) is 24.1. The van der Waals surface area contributed by atoms with Crippen LogP contribution in [0.5, 0.6) is 0 Å². The summed E-state index contributed by atoms with van der Waals surface area (Å²) in [5.41, 5.74) is 6.01. The molecule has 7 heteroatoms. The lowest BCUT2D eigenvalue weighted by atomic mass is 10.2. The van der Waals surface area contributed by atoms with E-state index >= 15 is 0 Å². The Kier molecular flexibility index (Phi) is 9.14. The van der Waals surface area contributed by atoms with E-state index in [1.54, 1.807) is 18.0 Å². The van der Waals surface area contributed by atoms with Crippen molar-refractivity contribution >= 4 is 40.2 Å². The molecule has 0 radical (unpaired) electrons. The summed E-state index contributed by atoms with van der Waals surface area (Å²) in [6, 6.07) is 41.4. The van der Waals surface area contributed by atoms with E-state index in [-0.39, 0.29) is 11.8 Å². The van der Waals surface area contributed by atoms with Crippen molar-refractivity contribution in [3.05, 3.63) is 162 Å². The number of anilines is 1. The first-order valence-electron chi connectivity index (χ1n) is 14.6. The van der Waals surface area contributed by atoms with Crippen molar-refractivity contribution in [2.45, 2.75) is 23.6 Å². The molecule has 2 amide bonds. The molecule has 2 aromatic heterocycles. The third kappa shape index (κ3) is 7.07. The van der Waals surface area contributed by atoms with Gasteiger partial charge in [0, 0.05) is 58.6 Å². The van der Waals surface area contributed by atoms with E-state index in [1.165, 1.54) is 5.56 Å². The summed E-state index contributed by atoms with van der Waals surface area (Å²) >= 11 is 1.64. The van der Waals surface area contributed by atoms with Gasteiger partial charge in [0.1, 0.15) is 5.69 Å². The minimum atomic E-state index is -0.170. The molecule has 0 saturated heterocycles. The summed E-state index contributed by atoms with van der Waals surface area (Å²) in [5, 5.41) is 7.02. The molecule has 2 heterocycles. The van der Waals surface area contributed by atoms with Crippen molar-refractivity contribution in [2.24, 2.45) is 0 Å². The maximum atomic E-state index is 13.4. The number of carbonyl (C=O) groups is 2. The quantitative estimate of drug-likeness (QED) is 0.151. The van der Waals surface area contributed by atoms with E-state index in [4.69, 9.17) is 0 Å². The van der Waals surface area contributed by atoms with Crippen LogP contribution in [0.4, 0.5) is 5.69 Å². The largest absolute Gasteiger partial charge is 0.350 e. The van der Waals surface area contributed by atoms with Gasteiger partial charge in [-0.1, -0.05) is 78.9 Å². The topological polar surface area (TPSA) is 76.0 Å². The van der Waals surface area contributed by atoms with Gasteiger partial charge >= 0.3 is 0 Å². The normalized spacial score (nSPS) is 10.9. The molecule has 0 saturated carbocycles. The smallest absolute Gasteiger partial charge is 0.267 e. The Bertz CT molecular complexity index is 1870. The lowest BCUT2D eigenvalue weighted by Gasteiger charge is -2.12. The Morgan fingerprint density at radius 3 is 2.23 bits per heavy atom. The molecule has 0 atom stereocenters. The Morgan fingerprint density at radius 1 is 0.727 bits per heavy atom. The molecule has 6 rings (SSSR count). The first-order valence-corrected chi connectivity index (χ1v) is 15.5.